The maximum absolute atomic E-state index is 11.9. The van der Waals surface area contributed by atoms with Gasteiger partial charge in [-0.3, -0.25) is 4.79 Å². The maximum Gasteiger partial charge on any atom is 0.401 e. The van der Waals surface area contributed by atoms with Gasteiger partial charge in [0.15, 0.2) is 0 Å². The summed E-state index contributed by atoms with van der Waals surface area (Å²) in [6.07, 6.45) is -2.99. The van der Waals surface area contributed by atoms with E-state index in [0.29, 0.717) is 5.69 Å². The van der Waals surface area contributed by atoms with Crippen LogP contribution >= 0.6 is 0 Å². The standard InChI is InChI=1S/C12H16F3N3O2/c1-8(2)20-11-9(4-3-5-17-11)18-10(19)6-16-7-12(13,14)15/h3-5,8,16H,6-7H2,1-2H3,(H,18,19). The number of alkyl halides is 3. The van der Waals surface area contributed by atoms with Gasteiger partial charge in [-0.05, 0) is 26.0 Å². The number of rotatable bonds is 6. The van der Waals surface area contributed by atoms with Gasteiger partial charge < -0.3 is 15.4 Å². The van der Waals surface area contributed by atoms with E-state index in [9.17, 15) is 18.0 Å². The Labute approximate surface area is 114 Å². The van der Waals surface area contributed by atoms with Gasteiger partial charge in [-0.2, -0.15) is 13.2 Å². The molecule has 112 valence electrons. The number of anilines is 1. The molecule has 0 aliphatic rings. The minimum Gasteiger partial charge on any atom is -0.473 e. The zero-order chi connectivity index (χ0) is 15.2. The predicted octanol–water partition coefficient (Wildman–Crippen LogP) is 1.96. The number of nitrogens with one attached hydrogen (secondary N) is 2. The number of carbonyl (C=O) groups is 1. The number of carbonyl (C=O) groups excluding carboxylic acids is 1. The van der Waals surface area contributed by atoms with Gasteiger partial charge >= 0.3 is 6.18 Å². The molecule has 1 heterocycles. The second kappa shape index (κ2) is 7.09. The van der Waals surface area contributed by atoms with Crippen LogP contribution in [-0.4, -0.2) is 36.3 Å². The second-order valence-electron chi connectivity index (χ2n) is 4.29. The third-order valence-electron chi connectivity index (χ3n) is 2.00. The van der Waals surface area contributed by atoms with Crippen LogP contribution in [0.1, 0.15) is 13.8 Å². The minimum absolute atomic E-state index is 0.135. The van der Waals surface area contributed by atoms with Crippen molar-refractivity contribution in [2.45, 2.75) is 26.1 Å². The zero-order valence-electron chi connectivity index (χ0n) is 11.1. The van der Waals surface area contributed by atoms with Crippen LogP contribution in [0.5, 0.6) is 5.88 Å². The molecule has 1 aromatic heterocycles. The molecule has 1 amide bonds. The SMILES string of the molecule is CC(C)Oc1ncccc1NC(=O)CNCC(F)(F)F. The van der Waals surface area contributed by atoms with Crippen molar-refractivity contribution in [3.8, 4) is 5.88 Å². The van der Waals surface area contributed by atoms with E-state index in [-0.39, 0.29) is 12.0 Å². The van der Waals surface area contributed by atoms with Crippen LogP contribution in [0.4, 0.5) is 18.9 Å². The van der Waals surface area contributed by atoms with Crippen LogP contribution in [0.25, 0.3) is 0 Å². The number of nitrogens with zero attached hydrogens (tertiary/aromatic N) is 1. The van der Waals surface area contributed by atoms with Crippen molar-refractivity contribution in [2.75, 3.05) is 18.4 Å². The number of halogens is 3. The highest BCUT2D eigenvalue weighted by molar-refractivity contribution is 5.93. The Balaban J connectivity index is 2.53. The summed E-state index contributed by atoms with van der Waals surface area (Å²) in [5, 5.41) is 4.45. The zero-order valence-corrected chi connectivity index (χ0v) is 11.1. The molecule has 0 fully saturated rings. The molecule has 0 spiro atoms. The van der Waals surface area contributed by atoms with Crippen LogP contribution in [0.15, 0.2) is 18.3 Å². The Morgan fingerprint density at radius 3 is 2.75 bits per heavy atom. The van der Waals surface area contributed by atoms with E-state index in [1.54, 1.807) is 26.0 Å². The molecule has 5 nitrogen and oxygen atoms in total. The third kappa shape index (κ3) is 6.37. The smallest absolute Gasteiger partial charge is 0.401 e. The van der Waals surface area contributed by atoms with E-state index in [2.05, 4.69) is 10.3 Å². The lowest BCUT2D eigenvalue weighted by Gasteiger charge is -2.13. The van der Waals surface area contributed by atoms with Crippen molar-refractivity contribution in [1.82, 2.24) is 10.3 Å². The minimum atomic E-state index is -4.35. The van der Waals surface area contributed by atoms with Gasteiger partial charge in [-0.25, -0.2) is 4.98 Å². The van der Waals surface area contributed by atoms with Crippen LogP contribution < -0.4 is 15.4 Å². The van der Waals surface area contributed by atoms with Crippen molar-refractivity contribution in [3.63, 3.8) is 0 Å². The number of hydrogen-bond donors (Lipinski definition) is 2. The van der Waals surface area contributed by atoms with Gasteiger partial charge in [0.25, 0.3) is 0 Å². The van der Waals surface area contributed by atoms with Crippen molar-refractivity contribution in [2.24, 2.45) is 0 Å². The molecule has 0 aliphatic carbocycles. The lowest BCUT2D eigenvalue weighted by atomic mass is 10.3. The van der Waals surface area contributed by atoms with Crippen molar-refractivity contribution < 1.29 is 22.7 Å². The first-order valence-corrected chi connectivity index (χ1v) is 5.97. The normalized spacial score (nSPS) is 11.5. The second-order valence-corrected chi connectivity index (χ2v) is 4.29. The molecule has 0 saturated carbocycles. The molecule has 20 heavy (non-hydrogen) atoms. The summed E-state index contributed by atoms with van der Waals surface area (Å²) < 4.78 is 41.1. The molecule has 0 unspecified atom stereocenters. The van der Waals surface area contributed by atoms with E-state index in [0.717, 1.165) is 0 Å². The third-order valence-corrected chi connectivity index (χ3v) is 2.00. The lowest BCUT2D eigenvalue weighted by molar-refractivity contribution is -0.127. The van der Waals surface area contributed by atoms with Crippen molar-refractivity contribution in [1.29, 1.82) is 0 Å². The van der Waals surface area contributed by atoms with Gasteiger partial charge in [0.05, 0.1) is 19.2 Å². The first-order valence-electron chi connectivity index (χ1n) is 5.97. The molecule has 0 radical (unpaired) electrons. The highest BCUT2D eigenvalue weighted by Gasteiger charge is 2.26. The Kier molecular flexibility index (Phi) is 5.75. The molecule has 1 rings (SSSR count). The summed E-state index contributed by atoms with van der Waals surface area (Å²) in [4.78, 5) is 15.5. The Morgan fingerprint density at radius 2 is 2.15 bits per heavy atom. The van der Waals surface area contributed by atoms with Crippen molar-refractivity contribution >= 4 is 11.6 Å². The lowest BCUT2D eigenvalue weighted by Crippen LogP contribution is -2.35. The van der Waals surface area contributed by atoms with Crippen LogP contribution in [-0.2, 0) is 4.79 Å². The first kappa shape index (κ1) is 16.2. The van der Waals surface area contributed by atoms with Gasteiger partial charge in [0.1, 0.15) is 5.69 Å². The molecule has 0 aliphatic heterocycles. The Hall–Kier alpha value is -1.83. The predicted molar refractivity (Wildman–Crippen MR) is 67.6 cm³/mol. The van der Waals surface area contributed by atoms with Crippen molar-refractivity contribution in [3.05, 3.63) is 18.3 Å². The van der Waals surface area contributed by atoms with E-state index in [4.69, 9.17) is 4.74 Å². The van der Waals surface area contributed by atoms with E-state index >= 15 is 0 Å². The van der Waals surface area contributed by atoms with Gasteiger partial charge in [0, 0.05) is 6.20 Å². The highest BCUT2D eigenvalue weighted by Crippen LogP contribution is 2.21. The summed E-state index contributed by atoms with van der Waals surface area (Å²) in [7, 11) is 0. The van der Waals surface area contributed by atoms with Gasteiger partial charge in [0.2, 0.25) is 11.8 Å². The summed E-state index contributed by atoms with van der Waals surface area (Å²) in [6, 6.07) is 3.15. The first-order chi connectivity index (χ1) is 9.28. The summed E-state index contributed by atoms with van der Waals surface area (Å²) in [5.74, 6) is -0.373. The number of amides is 1. The van der Waals surface area contributed by atoms with E-state index in [1.165, 1.54) is 6.20 Å². The molecule has 0 aromatic carbocycles. The quantitative estimate of drug-likeness (QED) is 0.841. The molecule has 2 N–H and O–H groups in total. The fourth-order valence-corrected chi connectivity index (χ4v) is 1.32. The average molecular weight is 291 g/mol. The van der Waals surface area contributed by atoms with Crippen LogP contribution in [0, 0.1) is 0 Å². The number of aromatic nitrogens is 1. The number of hydrogen-bond acceptors (Lipinski definition) is 4. The number of ether oxygens (including phenoxy) is 1. The number of pyridine rings is 1. The summed E-state index contributed by atoms with van der Waals surface area (Å²) in [6.45, 7) is 1.93. The fraction of sp³-hybridized carbons (Fsp3) is 0.500. The summed E-state index contributed by atoms with van der Waals surface area (Å²) >= 11 is 0. The molecular formula is C12H16F3N3O2. The topological polar surface area (TPSA) is 63.2 Å². The summed E-state index contributed by atoms with van der Waals surface area (Å²) in [5.41, 5.74) is 0.319. The molecule has 8 heteroatoms. The fourth-order valence-electron chi connectivity index (χ4n) is 1.32. The average Bonchev–Trinajstić information content (AvgIpc) is 2.29. The molecule has 0 saturated heterocycles. The van der Waals surface area contributed by atoms with Gasteiger partial charge in [-0.15, -0.1) is 0 Å². The Morgan fingerprint density at radius 1 is 1.45 bits per heavy atom. The Bertz CT molecular complexity index is 450. The highest BCUT2D eigenvalue weighted by atomic mass is 19.4. The van der Waals surface area contributed by atoms with E-state index in [1.807, 2.05) is 5.32 Å². The van der Waals surface area contributed by atoms with Crippen LogP contribution in [0.2, 0.25) is 0 Å². The van der Waals surface area contributed by atoms with Crippen LogP contribution in [0.3, 0.4) is 0 Å². The molecule has 0 bridgehead atoms. The molecule has 0 atom stereocenters. The maximum atomic E-state index is 11.9. The van der Waals surface area contributed by atoms with Gasteiger partial charge in [-0.1, -0.05) is 0 Å². The molecular weight excluding hydrogens is 275 g/mol. The largest absolute Gasteiger partial charge is 0.473 e. The van der Waals surface area contributed by atoms with E-state index < -0.39 is 25.2 Å². The molecule has 1 aromatic rings. The monoisotopic (exact) mass is 291 g/mol.